The van der Waals surface area contributed by atoms with Gasteiger partial charge in [0.25, 0.3) is 0 Å². The zero-order valence-corrected chi connectivity index (χ0v) is 12.7. The maximum absolute atomic E-state index is 12.3. The molecule has 0 atom stereocenters. The van der Waals surface area contributed by atoms with Crippen molar-refractivity contribution < 1.29 is 9.53 Å². The van der Waals surface area contributed by atoms with E-state index in [1.165, 1.54) is 11.1 Å². The third kappa shape index (κ3) is 3.19. The van der Waals surface area contributed by atoms with Gasteiger partial charge in [0.2, 0.25) is 5.91 Å². The number of hydrogen-bond donors (Lipinski definition) is 0. The van der Waals surface area contributed by atoms with Crippen molar-refractivity contribution in [3.05, 3.63) is 71.3 Å². The first kappa shape index (κ1) is 14.4. The minimum atomic E-state index is 0.0531. The molecule has 0 aromatic heterocycles. The lowest BCUT2D eigenvalue weighted by atomic mass is 10.00. The summed E-state index contributed by atoms with van der Waals surface area (Å²) in [6, 6.07) is 16.0. The molecule has 2 aromatic rings. The SMILES string of the molecule is COc1cccc(/C=C/C(=O)N2CCc3ccccc3C2)c1. The second-order valence-corrected chi connectivity index (χ2v) is 5.39. The Kier molecular flexibility index (Phi) is 4.24. The summed E-state index contributed by atoms with van der Waals surface area (Å²) in [6.45, 7) is 1.47. The van der Waals surface area contributed by atoms with Gasteiger partial charge < -0.3 is 9.64 Å². The zero-order chi connectivity index (χ0) is 15.4. The number of fused-ring (bicyclic) bond motifs is 1. The highest BCUT2D eigenvalue weighted by atomic mass is 16.5. The van der Waals surface area contributed by atoms with Crippen LogP contribution in [-0.4, -0.2) is 24.5 Å². The minimum Gasteiger partial charge on any atom is -0.497 e. The van der Waals surface area contributed by atoms with Crippen molar-refractivity contribution in [2.24, 2.45) is 0 Å². The molecule has 0 aliphatic carbocycles. The Labute approximate surface area is 130 Å². The molecule has 0 unspecified atom stereocenters. The Bertz CT molecular complexity index is 706. The van der Waals surface area contributed by atoms with E-state index in [0.717, 1.165) is 24.3 Å². The summed E-state index contributed by atoms with van der Waals surface area (Å²) < 4.78 is 5.19. The van der Waals surface area contributed by atoms with Crippen LogP contribution in [0.2, 0.25) is 0 Å². The molecule has 0 fully saturated rings. The number of benzene rings is 2. The lowest BCUT2D eigenvalue weighted by Crippen LogP contribution is -2.34. The van der Waals surface area contributed by atoms with E-state index in [1.54, 1.807) is 13.2 Å². The lowest BCUT2D eigenvalue weighted by molar-refractivity contribution is -0.126. The standard InChI is InChI=1S/C19H19NO2/c1-22-18-8-4-5-15(13-18)9-10-19(21)20-12-11-16-6-2-3-7-17(16)14-20/h2-10,13H,11-12,14H2,1H3/b10-9+. The Morgan fingerprint density at radius 3 is 2.77 bits per heavy atom. The number of hydrogen-bond acceptors (Lipinski definition) is 2. The monoisotopic (exact) mass is 293 g/mol. The predicted octanol–water partition coefficient (Wildman–Crippen LogP) is 3.29. The Morgan fingerprint density at radius 2 is 1.95 bits per heavy atom. The van der Waals surface area contributed by atoms with Crippen LogP contribution >= 0.6 is 0 Å². The van der Waals surface area contributed by atoms with Gasteiger partial charge in [-0.05, 0) is 41.3 Å². The highest BCUT2D eigenvalue weighted by Crippen LogP contribution is 2.19. The molecule has 3 rings (SSSR count). The molecular formula is C19H19NO2. The predicted molar refractivity (Wildman–Crippen MR) is 87.6 cm³/mol. The Balaban J connectivity index is 1.69. The molecule has 0 spiro atoms. The van der Waals surface area contributed by atoms with Crippen molar-refractivity contribution in [1.82, 2.24) is 4.90 Å². The summed E-state index contributed by atoms with van der Waals surface area (Å²) in [5.74, 6) is 0.846. The number of amides is 1. The van der Waals surface area contributed by atoms with E-state index in [9.17, 15) is 4.79 Å². The second-order valence-electron chi connectivity index (χ2n) is 5.39. The van der Waals surface area contributed by atoms with Crippen molar-refractivity contribution in [2.45, 2.75) is 13.0 Å². The quantitative estimate of drug-likeness (QED) is 0.813. The van der Waals surface area contributed by atoms with Crippen LogP contribution in [0.3, 0.4) is 0 Å². The average Bonchev–Trinajstić information content (AvgIpc) is 2.59. The molecule has 2 aromatic carbocycles. The molecular weight excluding hydrogens is 274 g/mol. The van der Waals surface area contributed by atoms with Gasteiger partial charge in [-0.2, -0.15) is 0 Å². The third-order valence-corrected chi connectivity index (χ3v) is 3.95. The molecule has 3 nitrogen and oxygen atoms in total. The van der Waals surface area contributed by atoms with Gasteiger partial charge in [-0.3, -0.25) is 4.79 Å². The van der Waals surface area contributed by atoms with Crippen LogP contribution in [0.5, 0.6) is 5.75 Å². The molecule has 1 aliphatic rings. The zero-order valence-electron chi connectivity index (χ0n) is 12.7. The summed E-state index contributed by atoms with van der Waals surface area (Å²) >= 11 is 0. The van der Waals surface area contributed by atoms with Crippen LogP contribution in [-0.2, 0) is 17.8 Å². The van der Waals surface area contributed by atoms with Crippen LogP contribution in [0.15, 0.2) is 54.6 Å². The van der Waals surface area contributed by atoms with E-state index in [4.69, 9.17) is 4.74 Å². The van der Waals surface area contributed by atoms with Crippen molar-refractivity contribution in [2.75, 3.05) is 13.7 Å². The molecule has 112 valence electrons. The van der Waals surface area contributed by atoms with Crippen molar-refractivity contribution in [3.8, 4) is 5.75 Å². The molecule has 0 saturated carbocycles. The fraction of sp³-hybridized carbons (Fsp3) is 0.211. The first-order valence-electron chi connectivity index (χ1n) is 7.44. The first-order valence-corrected chi connectivity index (χ1v) is 7.44. The van der Waals surface area contributed by atoms with E-state index in [-0.39, 0.29) is 5.91 Å². The van der Waals surface area contributed by atoms with Gasteiger partial charge in [-0.1, -0.05) is 36.4 Å². The number of methoxy groups -OCH3 is 1. The molecule has 1 amide bonds. The van der Waals surface area contributed by atoms with Crippen LogP contribution in [0.25, 0.3) is 6.08 Å². The maximum atomic E-state index is 12.3. The number of rotatable bonds is 3. The lowest BCUT2D eigenvalue weighted by Gasteiger charge is -2.27. The molecule has 3 heteroatoms. The van der Waals surface area contributed by atoms with Gasteiger partial charge in [0.15, 0.2) is 0 Å². The number of nitrogens with zero attached hydrogens (tertiary/aromatic N) is 1. The van der Waals surface area contributed by atoms with Gasteiger partial charge in [-0.25, -0.2) is 0 Å². The molecule has 0 saturated heterocycles. The van der Waals surface area contributed by atoms with E-state index in [1.807, 2.05) is 41.3 Å². The molecule has 0 radical (unpaired) electrons. The largest absolute Gasteiger partial charge is 0.497 e. The van der Waals surface area contributed by atoms with Gasteiger partial charge in [0.05, 0.1) is 7.11 Å². The van der Waals surface area contributed by atoms with Gasteiger partial charge in [0.1, 0.15) is 5.75 Å². The van der Waals surface area contributed by atoms with Gasteiger partial charge >= 0.3 is 0 Å². The summed E-state index contributed by atoms with van der Waals surface area (Å²) in [5.41, 5.74) is 3.56. The van der Waals surface area contributed by atoms with Crippen molar-refractivity contribution in [1.29, 1.82) is 0 Å². The fourth-order valence-corrected chi connectivity index (χ4v) is 2.70. The topological polar surface area (TPSA) is 29.5 Å². The highest BCUT2D eigenvalue weighted by molar-refractivity contribution is 5.92. The first-order chi connectivity index (χ1) is 10.8. The summed E-state index contributed by atoms with van der Waals surface area (Å²) in [7, 11) is 1.64. The summed E-state index contributed by atoms with van der Waals surface area (Å²) in [4.78, 5) is 14.2. The Hall–Kier alpha value is -2.55. The molecule has 0 bridgehead atoms. The second kappa shape index (κ2) is 6.48. The molecule has 1 aliphatic heterocycles. The van der Waals surface area contributed by atoms with Crippen molar-refractivity contribution >= 4 is 12.0 Å². The average molecular weight is 293 g/mol. The molecule has 22 heavy (non-hydrogen) atoms. The highest BCUT2D eigenvalue weighted by Gasteiger charge is 2.18. The van der Waals surface area contributed by atoms with E-state index in [0.29, 0.717) is 6.54 Å². The normalized spacial score (nSPS) is 14.0. The number of carbonyl (C=O) groups excluding carboxylic acids is 1. The Morgan fingerprint density at radius 1 is 1.14 bits per heavy atom. The smallest absolute Gasteiger partial charge is 0.246 e. The van der Waals surface area contributed by atoms with Gasteiger partial charge in [-0.15, -0.1) is 0 Å². The maximum Gasteiger partial charge on any atom is 0.246 e. The summed E-state index contributed by atoms with van der Waals surface area (Å²) in [6.07, 6.45) is 4.41. The van der Waals surface area contributed by atoms with E-state index >= 15 is 0 Å². The van der Waals surface area contributed by atoms with E-state index in [2.05, 4.69) is 18.2 Å². The fourth-order valence-electron chi connectivity index (χ4n) is 2.70. The number of ether oxygens (including phenoxy) is 1. The van der Waals surface area contributed by atoms with Crippen molar-refractivity contribution in [3.63, 3.8) is 0 Å². The van der Waals surface area contributed by atoms with Gasteiger partial charge in [0, 0.05) is 19.2 Å². The van der Waals surface area contributed by atoms with Crippen LogP contribution in [0.4, 0.5) is 0 Å². The van der Waals surface area contributed by atoms with E-state index < -0.39 is 0 Å². The minimum absolute atomic E-state index is 0.0531. The molecule has 0 N–H and O–H groups in total. The van der Waals surface area contributed by atoms with Crippen LogP contribution in [0, 0.1) is 0 Å². The third-order valence-electron chi connectivity index (χ3n) is 3.95. The summed E-state index contributed by atoms with van der Waals surface area (Å²) in [5, 5.41) is 0. The van der Waals surface area contributed by atoms with Crippen LogP contribution in [0.1, 0.15) is 16.7 Å². The van der Waals surface area contributed by atoms with Crippen LogP contribution < -0.4 is 4.74 Å². The number of carbonyl (C=O) groups is 1. The molecule has 1 heterocycles.